The summed E-state index contributed by atoms with van der Waals surface area (Å²) in [6, 6.07) is 7.61. The van der Waals surface area contributed by atoms with E-state index in [2.05, 4.69) is 21.2 Å². The molecule has 2 bridgehead atoms. The van der Waals surface area contributed by atoms with E-state index in [1.165, 1.54) is 0 Å². The minimum Gasteiger partial charge on any atom is -0.449 e. The minimum atomic E-state index is -0.554. The van der Waals surface area contributed by atoms with Gasteiger partial charge in [0.2, 0.25) is 11.8 Å². The van der Waals surface area contributed by atoms with Gasteiger partial charge in [-0.25, -0.2) is 0 Å². The maximum absolute atomic E-state index is 12.2. The Bertz CT molecular complexity index is 727. The Hall–Kier alpha value is -1.62. The van der Waals surface area contributed by atoms with Crippen molar-refractivity contribution in [2.75, 3.05) is 0 Å². The zero-order chi connectivity index (χ0) is 13.2. The molecule has 1 aromatic carbocycles. The third-order valence-corrected chi connectivity index (χ3v) is 4.67. The molecule has 0 unspecified atom stereocenters. The molecule has 1 aliphatic carbocycles. The number of fused-ring (bicyclic) bond motifs is 3. The van der Waals surface area contributed by atoms with Crippen molar-refractivity contribution in [2.45, 2.75) is 18.3 Å². The maximum Gasteiger partial charge on any atom is 0.237 e. The lowest BCUT2D eigenvalue weighted by atomic mass is 9.55. The standard InChI is InChI=1S/C14H10BrNO3/c15-11-4-8-9(2-1-3-10(8)19-11)14-5-7(6-14)12(17)16-13(14)18/h1-4,7H,5-6H2,(H,16,17,18). The van der Waals surface area contributed by atoms with Gasteiger partial charge in [-0.1, -0.05) is 12.1 Å². The Balaban J connectivity index is 1.92. The van der Waals surface area contributed by atoms with Crippen molar-refractivity contribution in [1.29, 1.82) is 0 Å². The third-order valence-electron chi connectivity index (χ3n) is 4.28. The van der Waals surface area contributed by atoms with Crippen LogP contribution < -0.4 is 5.32 Å². The Labute approximate surface area is 117 Å². The number of hydrogen-bond donors (Lipinski definition) is 1. The first kappa shape index (κ1) is 11.2. The zero-order valence-electron chi connectivity index (χ0n) is 9.90. The molecule has 2 aromatic rings. The van der Waals surface area contributed by atoms with Gasteiger partial charge in [0.1, 0.15) is 5.58 Å². The number of imide groups is 1. The van der Waals surface area contributed by atoms with Crippen molar-refractivity contribution in [3.63, 3.8) is 0 Å². The van der Waals surface area contributed by atoms with Gasteiger partial charge in [-0.15, -0.1) is 0 Å². The van der Waals surface area contributed by atoms with Crippen LogP contribution in [0.15, 0.2) is 33.4 Å². The van der Waals surface area contributed by atoms with Crippen LogP contribution in [0.4, 0.5) is 0 Å². The monoisotopic (exact) mass is 319 g/mol. The number of carbonyl (C=O) groups is 2. The number of nitrogens with one attached hydrogen (secondary N) is 1. The first-order chi connectivity index (χ1) is 9.10. The van der Waals surface area contributed by atoms with Gasteiger partial charge in [-0.3, -0.25) is 14.9 Å². The number of benzene rings is 1. The van der Waals surface area contributed by atoms with Crippen LogP contribution >= 0.6 is 15.9 Å². The average molecular weight is 320 g/mol. The molecule has 0 atom stereocenters. The van der Waals surface area contributed by atoms with E-state index in [0.29, 0.717) is 17.5 Å². The molecule has 4 nitrogen and oxygen atoms in total. The van der Waals surface area contributed by atoms with E-state index in [1.54, 1.807) is 0 Å². The van der Waals surface area contributed by atoms with Crippen LogP contribution in [-0.4, -0.2) is 11.8 Å². The smallest absolute Gasteiger partial charge is 0.237 e. The number of furan rings is 1. The number of halogens is 1. The number of rotatable bonds is 1. The molecule has 2 saturated heterocycles. The molecule has 5 heteroatoms. The van der Waals surface area contributed by atoms with E-state index in [9.17, 15) is 9.59 Å². The van der Waals surface area contributed by atoms with Gasteiger partial charge in [-0.2, -0.15) is 0 Å². The average Bonchev–Trinajstić information content (AvgIpc) is 2.67. The van der Waals surface area contributed by atoms with Gasteiger partial charge in [-0.05, 0) is 46.5 Å². The van der Waals surface area contributed by atoms with Crippen LogP contribution in [0, 0.1) is 5.92 Å². The van der Waals surface area contributed by atoms with Crippen LogP contribution in [-0.2, 0) is 15.0 Å². The van der Waals surface area contributed by atoms with E-state index < -0.39 is 5.41 Å². The molecule has 5 rings (SSSR count). The highest BCUT2D eigenvalue weighted by Crippen LogP contribution is 2.52. The summed E-state index contributed by atoms with van der Waals surface area (Å²) in [7, 11) is 0. The van der Waals surface area contributed by atoms with Crippen molar-refractivity contribution >= 4 is 38.7 Å². The predicted octanol–water partition coefficient (Wildman–Crippen LogP) is 2.50. The van der Waals surface area contributed by atoms with Crippen molar-refractivity contribution < 1.29 is 14.0 Å². The van der Waals surface area contributed by atoms with E-state index in [-0.39, 0.29) is 17.7 Å². The number of carbonyl (C=O) groups excluding carboxylic acids is 2. The second kappa shape index (κ2) is 3.48. The summed E-state index contributed by atoms with van der Waals surface area (Å²) in [5.41, 5.74) is 1.16. The SMILES string of the molecule is O=C1NC(=O)C2(c3cccc4oc(Br)cc34)CC1C2. The lowest BCUT2D eigenvalue weighted by Gasteiger charge is -2.50. The highest BCUT2D eigenvalue weighted by atomic mass is 79.9. The van der Waals surface area contributed by atoms with E-state index in [4.69, 9.17) is 4.42 Å². The highest BCUT2D eigenvalue weighted by molar-refractivity contribution is 9.10. The first-order valence-electron chi connectivity index (χ1n) is 6.14. The first-order valence-corrected chi connectivity index (χ1v) is 6.93. The molecule has 1 saturated carbocycles. The number of hydrogen-bond acceptors (Lipinski definition) is 3. The normalized spacial score (nSPS) is 29.2. The van der Waals surface area contributed by atoms with E-state index in [1.807, 2.05) is 24.3 Å². The fourth-order valence-corrected chi connectivity index (χ4v) is 3.68. The van der Waals surface area contributed by atoms with Gasteiger partial charge in [0.25, 0.3) is 0 Å². The molecular formula is C14H10BrNO3. The van der Waals surface area contributed by atoms with Gasteiger partial charge >= 0.3 is 0 Å². The van der Waals surface area contributed by atoms with Crippen LogP contribution in [0.1, 0.15) is 18.4 Å². The molecule has 1 N–H and O–H groups in total. The lowest BCUT2D eigenvalue weighted by molar-refractivity contribution is -0.151. The summed E-state index contributed by atoms with van der Waals surface area (Å²) < 4.78 is 6.18. The van der Waals surface area contributed by atoms with E-state index in [0.717, 1.165) is 16.5 Å². The summed E-state index contributed by atoms with van der Waals surface area (Å²) in [4.78, 5) is 23.8. The van der Waals surface area contributed by atoms with E-state index >= 15 is 0 Å². The van der Waals surface area contributed by atoms with Crippen molar-refractivity contribution in [3.05, 3.63) is 34.5 Å². The largest absolute Gasteiger partial charge is 0.449 e. The fraction of sp³-hybridized carbons (Fsp3) is 0.286. The minimum absolute atomic E-state index is 0.0247. The molecule has 3 aliphatic rings. The number of piperidine rings is 2. The van der Waals surface area contributed by atoms with Gasteiger partial charge in [0, 0.05) is 11.3 Å². The van der Waals surface area contributed by atoms with Crippen molar-refractivity contribution in [1.82, 2.24) is 5.32 Å². The van der Waals surface area contributed by atoms with Gasteiger partial charge in [0.15, 0.2) is 4.67 Å². The molecule has 96 valence electrons. The quantitative estimate of drug-likeness (QED) is 0.821. The van der Waals surface area contributed by atoms with Crippen LogP contribution in [0.25, 0.3) is 11.0 Å². The molecule has 19 heavy (non-hydrogen) atoms. The summed E-state index contributed by atoms with van der Waals surface area (Å²) in [6.45, 7) is 0. The summed E-state index contributed by atoms with van der Waals surface area (Å²) in [5, 5.41) is 3.41. The van der Waals surface area contributed by atoms with Gasteiger partial charge in [0.05, 0.1) is 5.41 Å². The summed E-state index contributed by atoms with van der Waals surface area (Å²) in [6.07, 6.45) is 1.22. The van der Waals surface area contributed by atoms with Crippen LogP contribution in [0.3, 0.4) is 0 Å². The second-order valence-corrected chi connectivity index (χ2v) is 6.06. The molecule has 1 aromatic heterocycles. The summed E-state index contributed by atoms with van der Waals surface area (Å²) in [5.74, 6) is -0.333. The topological polar surface area (TPSA) is 59.3 Å². The third kappa shape index (κ3) is 1.33. The molecule has 3 heterocycles. The zero-order valence-corrected chi connectivity index (χ0v) is 11.5. The maximum atomic E-state index is 12.2. The fourth-order valence-electron chi connectivity index (χ4n) is 3.28. The Morgan fingerprint density at radius 2 is 2.11 bits per heavy atom. The predicted molar refractivity (Wildman–Crippen MR) is 71.5 cm³/mol. The molecule has 2 aliphatic heterocycles. The number of amides is 2. The Morgan fingerprint density at radius 3 is 2.84 bits per heavy atom. The molecule has 3 fully saturated rings. The lowest BCUT2D eigenvalue weighted by Crippen LogP contribution is -2.64. The van der Waals surface area contributed by atoms with Crippen LogP contribution in [0.5, 0.6) is 0 Å². The van der Waals surface area contributed by atoms with Crippen LogP contribution in [0.2, 0.25) is 0 Å². The van der Waals surface area contributed by atoms with Crippen molar-refractivity contribution in [2.24, 2.45) is 5.92 Å². The summed E-state index contributed by atoms with van der Waals surface area (Å²) >= 11 is 3.32. The van der Waals surface area contributed by atoms with Crippen molar-refractivity contribution in [3.8, 4) is 0 Å². The molecular weight excluding hydrogens is 310 g/mol. The molecule has 0 radical (unpaired) electrons. The Morgan fingerprint density at radius 1 is 1.32 bits per heavy atom. The highest BCUT2D eigenvalue weighted by Gasteiger charge is 2.58. The molecule has 2 amide bonds. The second-order valence-electron chi connectivity index (χ2n) is 5.27. The van der Waals surface area contributed by atoms with Gasteiger partial charge < -0.3 is 4.42 Å². The Kier molecular flexibility index (Phi) is 2.05. The molecule has 0 spiro atoms.